The Morgan fingerprint density at radius 3 is 0.878 bits per heavy atom. The van der Waals surface area contributed by atoms with Gasteiger partial charge in [0.25, 0.3) is 0 Å². The van der Waals surface area contributed by atoms with Crippen molar-refractivity contribution in [3.63, 3.8) is 0 Å². The topological polar surface area (TPSA) is 95.9 Å². The van der Waals surface area contributed by atoms with Crippen LogP contribution in [0.4, 0.5) is 0 Å². The molecule has 90 heavy (non-hydrogen) atoms. The van der Waals surface area contributed by atoms with Gasteiger partial charge in [0.05, 0.1) is 25.4 Å². The molecule has 0 radical (unpaired) electrons. The van der Waals surface area contributed by atoms with Crippen LogP contribution in [0, 0.1) is 0 Å². The van der Waals surface area contributed by atoms with Crippen LogP contribution in [-0.2, 0) is 14.3 Å². The lowest BCUT2D eigenvalue weighted by Crippen LogP contribution is -2.45. The zero-order chi connectivity index (χ0) is 64.9. The van der Waals surface area contributed by atoms with Gasteiger partial charge in [-0.25, -0.2) is 0 Å². The van der Waals surface area contributed by atoms with Crippen molar-refractivity contribution < 1.29 is 24.5 Å². The van der Waals surface area contributed by atoms with E-state index in [0.717, 1.165) is 51.4 Å². The van der Waals surface area contributed by atoms with E-state index in [1.165, 1.54) is 379 Å². The SMILES string of the molecule is CCCCC/C=C\C/C=C\CCCCCCCCCCCC(=O)OCCCCCCCCCCCCCC/C=C\CCCCCCCCCCCCCCCCCCCC(=O)NC(CO)C(O)CCCCCCCCCCCCCCCCCCCCCCC. The number of carbonyl (C=O) groups excluding carboxylic acids is 2. The molecule has 2 atom stereocenters. The molecule has 0 spiro atoms. The molecule has 0 aliphatic heterocycles. The Morgan fingerprint density at radius 1 is 0.311 bits per heavy atom. The highest BCUT2D eigenvalue weighted by Gasteiger charge is 2.20. The first-order valence-corrected chi connectivity index (χ1v) is 41.2. The van der Waals surface area contributed by atoms with Crippen molar-refractivity contribution in [1.29, 1.82) is 0 Å². The van der Waals surface area contributed by atoms with Crippen LogP contribution in [0.2, 0.25) is 0 Å². The molecule has 0 heterocycles. The normalized spacial score (nSPS) is 12.6. The zero-order valence-corrected chi connectivity index (χ0v) is 61.1. The maximum absolute atomic E-state index is 12.6. The van der Waals surface area contributed by atoms with Gasteiger partial charge in [-0.15, -0.1) is 0 Å². The van der Waals surface area contributed by atoms with Gasteiger partial charge >= 0.3 is 5.97 Å². The van der Waals surface area contributed by atoms with Crippen LogP contribution in [0.1, 0.15) is 463 Å². The second kappa shape index (κ2) is 79.5. The standard InChI is InChI=1S/C84H161NO5/c1-3-5-7-9-11-13-15-17-19-21-23-37-41-44-48-52-56-60-64-68-72-76-82(87)81(80-86)85-83(88)77-73-69-65-61-57-53-49-45-42-38-35-33-31-29-27-25-24-26-28-30-32-34-36-39-43-47-51-55-59-63-67-71-75-79-90-84(89)78-74-70-66-62-58-54-50-46-40-22-20-18-16-14-12-10-8-6-4-2/h12,14,18,20,28,30,81-82,86-87H,3-11,13,15-17,19,21-27,29,31-80H2,1-2H3,(H,85,88)/b14-12-,20-18-,30-28-. The first-order valence-electron chi connectivity index (χ1n) is 41.2. The van der Waals surface area contributed by atoms with Gasteiger partial charge in [0.1, 0.15) is 0 Å². The molecule has 0 saturated carbocycles. The van der Waals surface area contributed by atoms with Crippen LogP contribution in [0.25, 0.3) is 0 Å². The number of aliphatic hydroxyl groups is 2. The number of hydrogen-bond donors (Lipinski definition) is 3. The van der Waals surface area contributed by atoms with Crippen LogP contribution in [0.15, 0.2) is 36.5 Å². The van der Waals surface area contributed by atoms with Crippen LogP contribution in [0.3, 0.4) is 0 Å². The van der Waals surface area contributed by atoms with E-state index in [1.54, 1.807) is 0 Å². The Balaban J connectivity index is 3.34. The maximum atomic E-state index is 12.6. The molecule has 1 amide bonds. The Kier molecular flexibility index (Phi) is 77.8. The van der Waals surface area contributed by atoms with E-state index in [4.69, 9.17) is 4.74 Å². The monoisotopic (exact) mass is 1260 g/mol. The van der Waals surface area contributed by atoms with Crippen molar-refractivity contribution in [3.05, 3.63) is 36.5 Å². The lowest BCUT2D eigenvalue weighted by atomic mass is 10.0. The third-order valence-corrected chi connectivity index (χ3v) is 19.4. The third kappa shape index (κ3) is 75.1. The summed E-state index contributed by atoms with van der Waals surface area (Å²) in [5.74, 6) is -0.0109. The molecule has 532 valence electrons. The van der Waals surface area contributed by atoms with E-state index >= 15 is 0 Å². The largest absolute Gasteiger partial charge is 0.466 e. The molecule has 0 aromatic carbocycles. The number of allylic oxidation sites excluding steroid dienone is 6. The predicted molar refractivity (Wildman–Crippen MR) is 398 cm³/mol. The first kappa shape index (κ1) is 88.1. The molecule has 6 nitrogen and oxygen atoms in total. The van der Waals surface area contributed by atoms with Crippen LogP contribution < -0.4 is 5.32 Å². The maximum Gasteiger partial charge on any atom is 0.305 e. The molecule has 3 N–H and O–H groups in total. The Hall–Kier alpha value is -1.92. The Morgan fingerprint density at radius 2 is 0.556 bits per heavy atom. The van der Waals surface area contributed by atoms with Crippen molar-refractivity contribution >= 4 is 11.9 Å². The molecule has 0 bridgehead atoms. The van der Waals surface area contributed by atoms with E-state index in [1.807, 2.05) is 0 Å². The smallest absolute Gasteiger partial charge is 0.305 e. The van der Waals surface area contributed by atoms with E-state index in [9.17, 15) is 19.8 Å². The summed E-state index contributed by atoms with van der Waals surface area (Å²) < 4.78 is 5.52. The number of carbonyl (C=O) groups is 2. The number of unbranched alkanes of at least 4 members (excludes halogenated alkanes) is 61. The van der Waals surface area contributed by atoms with E-state index in [-0.39, 0.29) is 18.5 Å². The molecule has 0 aromatic heterocycles. The predicted octanol–water partition coefficient (Wildman–Crippen LogP) is 27.4. The van der Waals surface area contributed by atoms with Gasteiger partial charge in [-0.3, -0.25) is 9.59 Å². The molecule has 0 rings (SSSR count). The van der Waals surface area contributed by atoms with Crippen molar-refractivity contribution in [2.45, 2.75) is 475 Å². The molecule has 0 saturated heterocycles. The number of rotatable bonds is 78. The summed E-state index contributed by atoms with van der Waals surface area (Å²) in [6, 6.07) is -0.540. The third-order valence-electron chi connectivity index (χ3n) is 19.4. The fraction of sp³-hybridized carbons (Fsp3) is 0.905. The average Bonchev–Trinajstić information content (AvgIpc) is 3.65. The number of hydrogen-bond acceptors (Lipinski definition) is 5. The van der Waals surface area contributed by atoms with Crippen LogP contribution >= 0.6 is 0 Å². The van der Waals surface area contributed by atoms with E-state index < -0.39 is 12.1 Å². The van der Waals surface area contributed by atoms with Gasteiger partial charge in [0, 0.05) is 12.8 Å². The molecule has 0 aromatic rings. The van der Waals surface area contributed by atoms with Crippen molar-refractivity contribution in [2.75, 3.05) is 13.2 Å². The quantitative estimate of drug-likeness (QED) is 0.0320. The van der Waals surface area contributed by atoms with Gasteiger partial charge in [-0.05, 0) is 83.5 Å². The molecular formula is C84H161NO5. The summed E-state index contributed by atoms with van der Waals surface area (Å²) in [4.78, 5) is 24.7. The number of ether oxygens (including phenoxy) is 1. The molecule has 2 unspecified atom stereocenters. The molecule has 0 aliphatic carbocycles. The molecule has 0 aliphatic rings. The molecular weight excluding hydrogens is 1100 g/mol. The van der Waals surface area contributed by atoms with Crippen molar-refractivity contribution in [3.8, 4) is 0 Å². The Bertz CT molecular complexity index is 1460. The van der Waals surface area contributed by atoms with Gasteiger partial charge in [-0.2, -0.15) is 0 Å². The first-order chi connectivity index (χ1) is 44.5. The fourth-order valence-electron chi connectivity index (χ4n) is 13.1. The Labute approximate surface area is 564 Å². The lowest BCUT2D eigenvalue weighted by molar-refractivity contribution is -0.143. The van der Waals surface area contributed by atoms with Crippen molar-refractivity contribution in [1.82, 2.24) is 5.32 Å². The highest BCUT2D eigenvalue weighted by atomic mass is 16.5. The average molecular weight is 1270 g/mol. The number of amides is 1. The van der Waals surface area contributed by atoms with Gasteiger partial charge < -0.3 is 20.3 Å². The zero-order valence-electron chi connectivity index (χ0n) is 61.1. The summed E-state index contributed by atoms with van der Waals surface area (Å²) in [5, 5.41) is 23.5. The van der Waals surface area contributed by atoms with E-state index in [2.05, 4.69) is 55.6 Å². The van der Waals surface area contributed by atoms with Crippen LogP contribution in [-0.4, -0.2) is 47.4 Å². The fourth-order valence-corrected chi connectivity index (χ4v) is 13.1. The summed E-state index contributed by atoms with van der Waals surface area (Å²) in [6.45, 7) is 4.98. The second-order valence-electron chi connectivity index (χ2n) is 28.5. The minimum atomic E-state index is -0.663. The van der Waals surface area contributed by atoms with Gasteiger partial charge in [0.2, 0.25) is 5.91 Å². The summed E-state index contributed by atoms with van der Waals surface area (Å²) in [5.41, 5.74) is 0. The van der Waals surface area contributed by atoms with Gasteiger partial charge in [-0.1, -0.05) is 403 Å². The van der Waals surface area contributed by atoms with Crippen LogP contribution in [0.5, 0.6) is 0 Å². The van der Waals surface area contributed by atoms with Crippen molar-refractivity contribution in [2.24, 2.45) is 0 Å². The lowest BCUT2D eigenvalue weighted by Gasteiger charge is -2.22. The minimum Gasteiger partial charge on any atom is -0.466 e. The summed E-state index contributed by atoms with van der Waals surface area (Å²) >= 11 is 0. The number of esters is 1. The number of nitrogens with one attached hydrogen (secondary N) is 1. The number of aliphatic hydroxyl groups excluding tert-OH is 2. The second-order valence-corrected chi connectivity index (χ2v) is 28.5. The summed E-state index contributed by atoms with van der Waals surface area (Å²) in [6.07, 6.45) is 104. The highest BCUT2D eigenvalue weighted by molar-refractivity contribution is 5.76. The molecule has 0 fully saturated rings. The highest BCUT2D eigenvalue weighted by Crippen LogP contribution is 2.20. The minimum absolute atomic E-state index is 0.0158. The van der Waals surface area contributed by atoms with Gasteiger partial charge in [0.15, 0.2) is 0 Å². The molecule has 6 heteroatoms. The summed E-state index contributed by atoms with van der Waals surface area (Å²) in [7, 11) is 0. The van der Waals surface area contributed by atoms with E-state index in [0.29, 0.717) is 25.9 Å².